The zero-order valence-corrected chi connectivity index (χ0v) is 8.64. The normalized spacial score (nSPS) is 13.1. The molecular formula is C9H21NO. The van der Waals surface area contributed by atoms with Crippen molar-refractivity contribution in [3.05, 3.63) is 0 Å². The monoisotopic (exact) mass is 159 g/mol. The molecule has 0 heterocycles. The van der Waals surface area contributed by atoms with Crippen LogP contribution >= 0.6 is 0 Å². The summed E-state index contributed by atoms with van der Waals surface area (Å²) in [4.78, 5) is 5.30. The van der Waals surface area contributed by atoms with E-state index >= 15 is 0 Å². The van der Waals surface area contributed by atoms with E-state index in [1.54, 1.807) is 7.11 Å². The van der Waals surface area contributed by atoms with Gasteiger partial charge in [-0.15, -0.1) is 0 Å². The molecule has 0 N–H and O–H groups in total. The molecular weight excluding hydrogens is 138 g/mol. The maximum atomic E-state index is 5.30. The predicted molar refractivity (Wildman–Crippen MR) is 48.4 cm³/mol. The molecule has 0 saturated carbocycles. The summed E-state index contributed by atoms with van der Waals surface area (Å²) in [7, 11) is 1.73. The lowest BCUT2D eigenvalue weighted by atomic mass is 10.0. The van der Waals surface area contributed by atoms with E-state index in [0.717, 1.165) is 6.42 Å². The smallest absolute Gasteiger partial charge is 0.0575 e. The van der Waals surface area contributed by atoms with Crippen LogP contribution in [0.15, 0.2) is 0 Å². The van der Waals surface area contributed by atoms with Gasteiger partial charge in [-0.25, -0.2) is 0 Å². The average molecular weight is 159 g/mol. The second kappa shape index (κ2) is 4.07. The Kier molecular flexibility index (Phi) is 4.04. The fraction of sp³-hybridized carbons (Fsp3) is 1.00. The third-order valence-electron chi connectivity index (χ3n) is 2.13. The van der Waals surface area contributed by atoms with E-state index in [4.69, 9.17) is 4.84 Å². The van der Waals surface area contributed by atoms with Crippen molar-refractivity contribution in [2.75, 3.05) is 7.11 Å². The van der Waals surface area contributed by atoms with Gasteiger partial charge in [-0.1, -0.05) is 6.92 Å². The van der Waals surface area contributed by atoms with Gasteiger partial charge in [0.05, 0.1) is 7.11 Å². The summed E-state index contributed by atoms with van der Waals surface area (Å²) in [5.74, 6) is 0. The third kappa shape index (κ3) is 2.80. The largest absolute Gasteiger partial charge is 0.302 e. The Morgan fingerprint density at radius 1 is 1.36 bits per heavy atom. The molecule has 2 nitrogen and oxygen atoms in total. The molecule has 0 rings (SSSR count). The Balaban J connectivity index is 4.23. The number of nitrogens with zero attached hydrogens (tertiary/aromatic N) is 1. The minimum absolute atomic E-state index is 0.142. The summed E-state index contributed by atoms with van der Waals surface area (Å²) in [6.07, 6.45) is 1.10. The van der Waals surface area contributed by atoms with Crippen LogP contribution in [0.2, 0.25) is 0 Å². The third-order valence-corrected chi connectivity index (χ3v) is 2.13. The van der Waals surface area contributed by atoms with Gasteiger partial charge in [0.1, 0.15) is 0 Å². The summed E-state index contributed by atoms with van der Waals surface area (Å²) in [5, 5.41) is 2.03. The fourth-order valence-electron chi connectivity index (χ4n) is 1.31. The Bertz CT molecular complexity index is 110. The molecule has 0 fully saturated rings. The van der Waals surface area contributed by atoms with Crippen molar-refractivity contribution in [2.45, 2.75) is 52.6 Å². The fourth-order valence-corrected chi connectivity index (χ4v) is 1.31. The van der Waals surface area contributed by atoms with Crippen LogP contribution in [0, 0.1) is 0 Å². The van der Waals surface area contributed by atoms with Crippen molar-refractivity contribution in [3.8, 4) is 0 Å². The Morgan fingerprint density at radius 2 is 1.82 bits per heavy atom. The summed E-state index contributed by atoms with van der Waals surface area (Å²) in [5.41, 5.74) is 0.142. The van der Waals surface area contributed by atoms with Gasteiger partial charge in [0, 0.05) is 11.6 Å². The second-order valence-corrected chi connectivity index (χ2v) is 3.77. The van der Waals surface area contributed by atoms with Crippen molar-refractivity contribution in [1.82, 2.24) is 5.06 Å². The van der Waals surface area contributed by atoms with Gasteiger partial charge in [-0.05, 0) is 34.1 Å². The minimum Gasteiger partial charge on any atom is -0.302 e. The van der Waals surface area contributed by atoms with Gasteiger partial charge in [0.25, 0.3) is 0 Å². The van der Waals surface area contributed by atoms with Crippen LogP contribution in [0.1, 0.15) is 41.0 Å². The van der Waals surface area contributed by atoms with Gasteiger partial charge in [-0.2, -0.15) is 5.06 Å². The van der Waals surface area contributed by atoms with Crippen LogP contribution in [0.25, 0.3) is 0 Å². The molecule has 0 bridgehead atoms. The van der Waals surface area contributed by atoms with Crippen LogP contribution in [-0.4, -0.2) is 23.8 Å². The molecule has 0 unspecified atom stereocenters. The first-order valence-corrected chi connectivity index (χ1v) is 4.29. The van der Waals surface area contributed by atoms with Gasteiger partial charge >= 0.3 is 0 Å². The van der Waals surface area contributed by atoms with Crippen LogP contribution in [0.4, 0.5) is 0 Å². The molecule has 0 saturated heterocycles. The lowest BCUT2D eigenvalue weighted by molar-refractivity contribution is -0.213. The van der Waals surface area contributed by atoms with E-state index in [2.05, 4.69) is 34.6 Å². The number of hydroxylamine groups is 2. The van der Waals surface area contributed by atoms with Crippen molar-refractivity contribution in [2.24, 2.45) is 0 Å². The van der Waals surface area contributed by atoms with Crippen LogP contribution in [0.3, 0.4) is 0 Å². The first-order chi connectivity index (χ1) is 4.95. The molecule has 0 aromatic carbocycles. The molecule has 0 aromatic heterocycles. The molecule has 2 heteroatoms. The molecule has 0 aromatic rings. The zero-order chi connectivity index (χ0) is 9.07. The summed E-state index contributed by atoms with van der Waals surface area (Å²) >= 11 is 0. The average Bonchev–Trinajstić information content (AvgIpc) is 1.88. The maximum absolute atomic E-state index is 5.30. The van der Waals surface area contributed by atoms with Gasteiger partial charge < -0.3 is 4.84 Å². The summed E-state index contributed by atoms with van der Waals surface area (Å²) < 4.78 is 0. The Labute approximate surface area is 70.5 Å². The van der Waals surface area contributed by atoms with E-state index in [9.17, 15) is 0 Å². The van der Waals surface area contributed by atoms with E-state index in [1.165, 1.54) is 0 Å². The first kappa shape index (κ1) is 10.9. The van der Waals surface area contributed by atoms with Crippen molar-refractivity contribution in [1.29, 1.82) is 0 Å². The number of rotatable bonds is 4. The molecule has 0 atom stereocenters. The Hall–Kier alpha value is -0.0800. The molecule has 68 valence electrons. The quantitative estimate of drug-likeness (QED) is 0.584. The highest BCUT2D eigenvalue weighted by Crippen LogP contribution is 2.20. The molecule has 0 radical (unpaired) electrons. The van der Waals surface area contributed by atoms with E-state index in [0.29, 0.717) is 6.04 Å². The topological polar surface area (TPSA) is 12.5 Å². The van der Waals surface area contributed by atoms with Crippen LogP contribution in [-0.2, 0) is 4.84 Å². The maximum Gasteiger partial charge on any atom is 0.0575 e. The highest BCUT2D eigenvalue weighted by Gasteiger charge is 2.26. The Morgan fingerprint density at radius 3 is 1.91 bits per heavy atom. The van der Waals surface area contributed by atoms with Gasteiger partial charge in [-0.3, -0.25) is 0 Å². The molecule has 0 aliphatic heterocycles. The van der Waals surface area contributed by atoms with E-state index < -0.39 is 0 Å². The molecule has 0 spiro atoms. The second-order valence-electron chi connectivity index (χ2n) is 3.77. The SMILES string of the molecule is CCC(C)(C)N(OC)C(C)C. The highest BCUT2D eigenvalue weighted by molar-refractivity contribution is 4.76. The van der Waals surface area contributed by atoms with Crippen LogP contribution in [0.5, 0.6) is 0 Å². The van der Waals surface area contributed by atoms with Crippen molar-refractivity contribution < 1.29 is 4.84 Å². The predicted octanol–water partition coefficient (Wildman–Crippen LogP) is 2.45. The molecule has 0 aliphatic rings. The van der Waals surface area contributed by atoms with Crippen molar-refractivity contribution in [3.63, 3.8) is 0 Å². The lowest BCUT2D eigenvalue weighted by Gasteiger charge is -2.38. The first-order valence-electron chi connectivity index (χ1n) is 4.29. The van der Waals surface area contributed by atoms with Crippen LogP contribution < -0.4 is 0 Å². The standard InChI is InChI=1S/C9H21NO/c1-7-9(4,5)10(11-6)8(2)3/h8H,7H2,1-6H3. The lowest BCUT2D eigenvalue weighted by Crippen LogP contribution is -2.46. The van der Waals surface area contributed by atoms with Gasteiger partial charge in [0.2, 0.25) is 0 Å². The summed E-state index contributed by atoms with van der Waals surface area (Å²) in [6.45, 7) is 10.8. The van der Waals surface area contributed by atoms with E-state index in [1.807, 2.05) is 5.06 Å². The highest BCUT2D eigenvalue weighted by atomic mass is 16.7. The van der Waals surface area contributed by atoms with Gasteiger partial charge in [0.15, 0.2) is 0 Å². The number of hydrogen-bond donors (Lipinski definition) is 0. The molecule has 0 aliphatic carbocycles. The van der Waals surface area contributed by atoms with Crippen molar-refractivity contribution >= 4 is 0 Å². The van der Waals surface area contributed by atoms with E-state index in [-0.39, 0.29) is 5.54 Å². The minimum atomic E-state index is 0.142. The molecule has 11 heavy (non-hydrogen) atoms. The molecule has 0 amide bonds. The zero-order valence-electron chi connectivity index (χ0n) is 8.64. The summed E-state index contributed by atoms with van der Waals surface area (Å²) in [6, 6.07) is 0.440. The number of hydrogen-bond acceptors (Lipinski definition) is 2.